The molecule has 5 aromatic rings. The number of ether oxygens (including phenoxy) is 2. The van der Waals surface area contributed by atoms with Crippen LogP contribution in [0.2, 0.25) is 0 Å². The van der Waals surface area contributed by atoms with Gasteiger partial charge in [-0.2, -0.15) is 0 Å². The molecule has 0 spiro atoms. The summed E-state index contributed by atoms with van der Waals surface area (Å²) in [6, 6.07) is 22.4. The standard InChI is InChI=1S/C32H30Cl2N4O5S/c1-3-6-27-26(17-20-9-11-21(12-10-20)24-7-4-5-8-25(24)29-36-31(40)43-37-29)30(39)38(28(18-33)35-27)22-13-15-23(16-14-22)42-32(34,44)19-41-2/h4-5,7-16,44H,3,6,17-19H2,1-2H3,(H,36,37,40). The molecule has 0 saturated heterocycles. The molecule has 1 N–H and O–H groups in total. The van der Waals surface area contributed by atoms with E-state index in [0.717, 1.165) is 34.4 Å². The zero-order valence-electron chi connectivity index (χ0n) is 24.0. The van der Waals surface area contributed by atoms with Gasteiger partial charge in [-0.1, -0.05) is 78.6 Å². The fraction of sp³-hybridized carbons (Fsp3) is 0.250. The molecular formula is C32H30Cl2N4O5S. The lowest BCUT2D eigenvalue weighted by molar-refractivity contribution is 0.108. The molecule has 0 saturated carbocycles. The summed E-state index contributed by atoms with van der Waals surface area (Å²) in [6.45, 7) is 2.11. The van der Waals surface area contributed by atoms with Crippen LogP contribution < -0.4 is 16.1 Å². The van der Waals surface area contributed by atoms with Crippen LogP contribution in [0.15, 0.2) is 86.9 Å². The molecule has 44 heavy (non-hydrogen) atoms. The first-order valence-electron chi connectivity index (χ1n) is 13.9. The van der Waals surface area contributed by atoms with Gasteiger partial charge < -0.3 is 9.47 Å². The first-order valence-corrected chi connectivity index (χ1v) is 15.2. The summed E-state index contributed by atoms with van der Waals surface area (Å²) in [7, 11) is 1.50. The number of benzene rings is 3. The SMILES string of the molecule is CCCc1nc(CCl)n(-c2ccc(OC(S)(Cl)COC)cc2)c(=O)c1Cc1ccc(-c2ccccc2-c2noc(=O)[nH]2)cc1. The number of thiol groups is 1. The third-order valence-corrected chi connectivity index (χ3v) is 7.54. The van der Waals surface area contributed by atoms with Gasteiger partial charge in [-0.25, -0.2) is 9.78 Å². The molecule has 0 aliphatic heterocycles. The van der Waals surface area contributed by atoms with E-state index in [0.29, 0.717) is 41.5 Å². The third-order valence-electron chi connectivity index (χ3n) is 6.90. The second-order valence-corrected chi connectivity index (χ2v) is 11.9. The van der Waals surface area contributed by atoms with E-state index in [1.807, 2.05) is 55.5 Å². The van der Waals surface area contributed by atoms with Crippen molar-refractivity contribution in [3.05, 3.63) is 116 Å². The average Bonchev–Trinajstić information content (AvgIpc) is 3.45. The molecule has 12 heteroatoms. The van der Waals surface area contributed by atoms with E-state index in [-0.39, 0.29) is 18.0 Å². The van der Waals surface area contributed by atoms with Crippen LogP contribution in [0.4, 0.5) is 0 Å². The van der Waals surface area contributed by atoms with E-state index < -0.39 is 10.1 Å². The Morgan fingerprint density at radius 2 is 1.73 bits per heavy atom. The van der Waals surface area contributed by atoms with Crippen molar-refractivity contribution in [3.8, 4) is 34.0 Å². The molecule has 1 atom stereocenters. The summed E-state index contributed by atoms with van der Waals surface area (Å²) in [5.41, 5.74) is 5.23. The highest BCUT2D eigenvalue weighted by Crippen LogP contribution is 2.31. The predicted molar refractivity (Wildman–Crippen MR) is 174 cm³/mol. The molecule has 2 aromatic heterocycles. The number of hydrogen-bond acceptors (Lipinski definition) is 8. The maximum Gasteiger partial charge on any atom is 0.439 e. The smallest absolute Gasteiger partial charge is 0.439 e. The molecule has 0 aliphatic rings. The van der Waals surface area contributed by atoms with Crippen LogP contribution in [-0.4, -0.2) is 37.8 Å². The quantitative estimate of drug-likeness (QED) is 0.0914. The molecule has 0 radical (unpaired) electrons. The Labute approximate surface area is 269 Å². The lowest BCUT2D eigenvalue weighted by atomic mass is 9.96. The zero-order chi connectivity index (χ0) is 31.3. The fourth-order valence-corrected chi connectivity index (χ4v) is 5.58. The van der Waals surface area contributed by atoms with Crippen molar-refractivity contribution in [2.75, 3.05) is 13.7 Å². The summed E-state index contributed by atoms with van der Waals surface area (Å²) in [5, 5.41) is 3.84. The topological polar surface area (TPSA) is 112 Å². The Balaban J connectivity index is 1.48. The Bertz CT molecular complexity index is 1850. The van der Waals surface area contributed by atoms with Crippen molar-refractivity contribution in [1.29, 1.82) is 0 Å². The monoisotopic (exact) mass is 652 g/mol. The first-order chi connectivity index (χ1) is 21.2. The van der Waals surface area contributed by atoms with Gasteiger partial charge in [-0.15, -0.1) is 24.2 Å². The van der Waals surface area contributed by atoms with Crippen molar-refractivity contribution in [2.45, 2.75) is 36.5 Å². The van der Waals surface area contributed by atoms with Gasteiger partial charge in [0.2, 0.25) is 4.39 Å². The highest BCUT2D eigenvalue weighted by molar-refractivity contribution is 7.83. The van der Waals surface area contributed by atoms with Crippen LogP contribution in [-0.2, 0) is 23.5 Å². The second-order valence-electron chi connectivity index (χ2n) is 10.1. The second kappa shape index (κ2) is 13.9. The molecule has 1 unspecified atom stereocenters. The van der Waals surface area contributed by atoms with Crippen LogP contribution in [0.25, 0.3) is 28.2 Å². The first kappa shape index (κ1) is 31.6. The van der Waals surface area contributed by atoms with Crippen LogP contribution in [0, 0.1) is 0 Å². The number of hydrogen-bond donors (Lipinski definition) is 2. The van der Waals surface area contributed by atoms with E-state index in [1.54, 1.807) is 28.8 Å². The highest BCUT2D eigenvalue weighted by atomic mass is 35.5. The number of nitrogens with one attached hydrogen (secondary N) is 1. The van der Waals surface area contributed by atoms with Gasteiger partial charge in [-0.05, 0) is 47.4 Å². The molecule has 0 fully saturated rings. The van der Waals surface area contributed by atoms with Crippen LogP contribution in [0.5, 0.6) is 5.75 Å². The number of H-pyrrole nitrogens is 1. The lowest BCUT2D eigenvalue weighted by Crippen LogP contribution is -2.29. The Kier molecular flexibility index (Phi) is 9.95. The Morgan fingerprint density at radius 3 is 2.34 bits per heavy atom. The largest absolute Gasteiger partial charge is 0.460 e. The van der Waals surface area contributed by atoms with E-state index in [9.17, 15) is 9.59 Å². The molecule has 2 heterocycles. The van der Waals surface area contributed by atoms with Crippen LogP contribution >= 0.6 is 35.8 Å². The van der Waals surface area contributed by atoms with E-state index in [2.05, 4.69) is 22.8 Å². The fourth-order valence-electron chi connectivity index (χ4n) is 4.97. The number of rotatable bonds is 12. The molecule has 0 aliphatic carbocycles. The normalized spacial score (nSPS) is 12.7. The van der Waals surface area contributed by atoms with Gasteiger partial charge >= 0.3 is 5.76 Å². The Hall–Kier alpha value is -3.83. The lowest BCUT2D eigenvalue weighted by Gasteiger charge is -2.22. The minimum atomic E-state index is -1.34. The molecule has 0 bridgehead atoms. The molecule has 0 amide bonds. The summed E-state index contributed by atoms with van der Waals surface area (Å²) in [5.74, 6) is 0.713. The Morgan fingerprint density at radius 1 is 1.02 bits per heavy atom. The molecule has 228 valence electrons. The zero-order valence-corrected chi connectivity index (χ0v) is 26.5. The van der Waals surface area contributed by atoms with Crippen molar-refractivity contribution < 1.29 is 14.0 Å². The van der Waals surface area contributed by atoms with Gasteiger partial charge in [0, 0.05) is 24.7 Å². The van der Waals surface area contributed by atoms with Crippen molar-refractivity contribution >= 4 is 35.8 Å². The minimum absolute atomic E-state index is 0.0602. The number of aromatic amines is 1. The minimum Gasteiger partial charge on any atom is -0.460 e. The number of methoxy groups -OCH3 is 1. The maximum atomic E-state index is 14.1. The van der Waals surface area contributed by atoms with Crippen molar-refractivity contribution in [3.63, 3.8) is 0 Å². The number of halogens is 2. The molecule has 9 nitrogen and oxygen atoms in total. The van der Waals surface area contributed by atoms with Crippen LogP contribution in [0.3, 0.4) is 0 Å². The van der Waals surface area contributed by atoms with Crippen LogP contribution in [0.1, 0.15) is 36.0 Å². The van der Waals surface area contributed by atoms with Gasteiger partial charge in [0.1, 0.15) is 18.2 Å². The predicted octanol–water partition coefficient (Wildman–Crippen LogP) is 6.37. The molecule has 5 rings (SSSR count). The molecule has 3 aromatic carbocycles. The number of aromatic nitrogens is 4. The third kappa shape index (κ3) is 7.10. The number of nitrogens with zero attached hydrogens (tertiary/aromatic N) is 3. The average molecular weight is 654 g/mol. The van der Waals surface area contributed by atoms with Crippen molar-refractivity contribution in [1.82, 2.24) is 19.7 Å². The van der Waals surface area contributed by atoms with E-state index >= 15 is 0 Å². The highest BCUT2D eigenvalue weighted by Gasteiger charge is 2.24. The summed E-state index contributed by atoms with van der Waals surface area (Å²) in [4.78, 5) is 33.1. The van der Waals surface area contributed by atoms with Gasteiger partial charge in [0.25, 0.3) is 5.56 Å². The molecular weight excluding hydrogens is 623 g/mol. The summed E-state index contributed by atoms with van der Waals surface area (Å²) in [6.07, 6.45) is 1.85. The van der Waals surface area contributed by atoms with Gasteiger partial charge in [-0.3, -0.25) is 18.9 Å². The van der Waals surface area contributed by atoms with E-state index in [1.165, 1.54) is 7.11 Å². The summed E-state index contributed by atoms with van der Waals surface area (Å²) >= 11 is 16.8. The van der Waals surface area contributed by atoms with Gasteiger partial charge in [0.15, 0.2) is 5.82 Å². The number of alkyl halides is 2. The van der Waals surface area contributed by atoms with E-state index in [4.69, 9.17) is 42.2 Å². The summed E-state index contributed by atoms with van der Waals surface area (Å²) < 4.78 is 15.7. The van der Waals surface area contributed by atoms with Crippen molar-refractivity contribution in [2.24, 2.45) is 0 Å². The maximum absolute atomic E-state index is 14.1. The van der Waals surface area contributed by atoms with Gasteiger partial charge in [0.05, 0.1) is 17.3 Å². The number of aryl methyl sites for hydroxylation is 1.